The lowest BCUT2D eigenvalue weighted by Crippen LogP contribution is -2.42. The van der Waals surface area contributed by atoms with Gasteiger partial charge in [-0.15, -0.1) is 0 Å². The van der Waals surface area contributed by atoms with Gasteiger partial charge in [0.2, 0.25) is 0 Å². The van der Waals surface area contributed by atoms with E-state index in [-0.39, 0.29) is 18.4 Å². The first-order valence-corrected chi connectivity index (χ1v) is 10.4. The number of amides is 1. The molecule has 0 bridgehead atoms. The standard InChI is InChI=1S/C22H24F3N5O2/c1-13(2)32-19-11-16(7-9-26-19)30-18-6-5-15(10-14(18)12-28-30)29-21(31)20-17(22(23,24)25)4-3-8-27-20/h3-6,8,10,12-13,16,19,26H,7,9,11H2,1-2H3,(H,29,31). The third-order valence-corrected chi connectivity index (χ3v) is 5.30. The molecule has 0 spiro atoms. The summed E-state index contributed by atoms with van der Waals surface area (Å²) < 4.78 is 47.4. The van der Waals surface area contributed by atoms with E-state index in [4.69, 9.17) is 4.74 Å². The molecule has 4 rings (SSSR count). The van der Waals surface area contributed by atoms with Crippen LogP contribution >= 0.6 is 0 Å². The van der Waals surface area contributed by atoms with Crippen LogP contribution in [0.1, 0.15) is 48.8 Å². The van der Waals surface area contributed by atoms with Crippen molar-refractivity contribution in [3.05, 3.63) is 54.0 Å². The molecular weight excluding hydrogens is 423 g/mol. The molecule has 0 aliphatic carbocycles. The van der Waals surface area contributed by atoms with Gasteiger partial charge in [0.1, 0.15) is 11.9 Å². The van der Waals surface area contributed by atoms with Crippen LogP contribution < -0.4 is 10.6 Å². The summed E-state index contributed by atoms with van der Waals surface area (Å²) in [5.74, 6) is -0.920. The number of hydrogen-bond acceptors (Lipinski definition) is 5. The van der Waals surface area contributed by atoms with E-state index >= 15 is 0 Å². The molecule has 1 saturated heterocycles. The molecule has 2 aromatic heterocycles. The second-order valence-electron chi connectivity index (χ2n) is 8.02. The van der Waals surface area contributed by atoms with E-state index in [1.165, 1.54) is 0 Å². The van der Waals surface area contributed by atoms with Crippen LogP contribution in [0.4, 0.5) is 18.9 Å². The fraction of sp³-hybridized carbons (Fsp3) is 0.409. The lowest BCUT2D eigenvalue weighted by molar-refractivity contribution is -0.138. The summed E-state index contributed by atoms with van der Waals surface area (Å²) in [6.45, 7) is 4.79. The van der Waals surface area contributed by atoms with Gasteiger partial charge >= 0.3 is 6.18 Å². The molecular formula is C22H24F3N5O2. The van der Waals surface area contributed by atoms with Crippen molar-refractivity contribution in [1.82, 2.24) is 20.1 Å². The van der Waals surface area contributed by atoms with E-state index < -0.39 is 23.3 Å². The van der Waals surface area contributed by atoms with Crippen LogP contribution in [0.25, 0.3) is 10.9 Å². The van der Waals surface area contributed by atoms with Gasteiger partial charge < -0.3 is 10.1 Å². The van der Waals surface area contributed by atoms with E-state index in [9.17, 15) is 18.0 Å². The second kappa shape index (κ2) is 8.87. The highest BCUT2D eigenvalue weighted by atomic mass is 19.4. The zero-order chi connectivity index (χ0) is 22.9. The second-order valence-corrected chi connectivity index (χ2v) is 8.02. The number of nitrogens with one attached hydrogen (secondary N) is 2. The molecule has 1 amide bonds. The number of aromatic nitrogens is 3. The first-order valence-electron chi connectivity index (χ1n) is 10.4. The molecule has 2 unspecified atom stereocenters. The Kier molecular flexibility index (Phi) is 6.16. The minimum Gasteiger partial charge on any atom is -0.361 e. The summed E-state index contributed by atoms with van der Waals surface area (Å²) >= 11 is 0. The molecule has 3 heterocycles. The Bertz CT molecular complexity index is 1110. The van der Waals surface area contributed by atoms with E-state index in [1.54, 1.807) is 24.4 Å². The van der Waals surface area contributed by atoms with Gasteiger partial charge in [0.05, 0.1) is 29.4 Å². The summed E-state index contributed by atoms with van der Waals surface area (Å²) in [5, 5.41) is 11.2. The maximum absolute atomic E-state index is 13.2. The number of hydrogen-bond donors (Lipinski definition) is 2. The van der Waals surface area contributed by atoms with Gasteiger partial charge in [-0.3, -0.25) is 19.8 Å². The van der Waals surface area contributed by atoms with Gasteiger partial charge in [-0.2, -0.15) is 18.3 Å². The van der Waals surface area contributed by atoms with Crippen LogP contribution in [0.5, 0.6) is 0 Å². The number of halogens is 3. The Morgan fingerprint density at radius 3 is 2.88 bits per heavy atom. The van der Waals surface area contributed by atoms with Crippen molar-refractivity contribution in [3.63, 3.8) is 0 Å². The van der Waals surface area contributed by atoms with Crippen LogP contribution in [-0.4, -0.2) is 39.5 Å². The van der Waals surface area contributed by atoms with Crippen LogP contribution in [0.2, 0.25) is 0 Å². The minimum atomic E-state index is -4.67. The van der Waals surface area contributed by atoms with Gasteiger partial charge in [0.15, 0.2) is 0 Å². The van der Waals surface area contributed by atoms with E-state index in [0.717, 1.165) is 48.6 Å². The summed E-state index contributed by atoms with van der Waals surface area (Å²) in [5.41, 5.74) is -0.490. The molecule has 32 heavy (non-hydrogen) atoms. The van der Waals surface area contributed by atoms with Gasteiger partial charge in [-0.05, 0) is 57.1 Å². The van der Waals surface area contributed by atoms with E-state index in [1.807, 2.05) is 18.5 Å². The molecule has 2 N–H and O–H groups in total. The third kappa shape index (κ3) is 4.76. The van der Waals surface area contributed by atoms with Gasteiger partial charge in [-0.1, -0.05) is 0 Å². The van der Waals surface area contributed by atoms with Crippen molar-refractivity contribution in [2.24, 2.45) is 0 Å². The van der Waals surface area contributed by atoms with Crippen LogP contribution in [0, 0.1) is 0 Å². The first kappa shape index (κ1) is 22.2. The molecule has 3 aromatic rings. The number of carbonyl (C=O) groups is 1. The predicted octanol–water partition coefficient (Wildman–Crippen LogP) is 4.38. The number of piperidine rings is 1. The molecule has 1 aromatic carbocycles. The van der Waals surface area contributed by atoms with Crippen molar-refractivity contribution in [2.45, 2.75) is 51.2 Å². The number of rotatable bonds is 5. The molecule has 0 radical (unpaired) electrons. The maximum Gasteiger partial charge on any atom is 0.418 e. The summed E-state index contributed by atoms with van der Waals surface area (Å²) in [6.07, 6.45) is -0.0881. The molecule has 2 atom stereocenters. The Balaban J connectivity index is 1.53. The van der Waals surface area contributed by atoms with Crippen LogP contribution in [0.15, 0.2) is 42.7 Å². The lowest BCUT2D eigenvalue weighted by atomic mass is 10.0. The van der Waals surface area contributed by atoms with Gasteiger partial charge in [0.25, 0.3) is 5.91 Å². The van der Waals surface area contributed by atoms with Crippen molar-refractivity contribution in [1.29, 1.82) is 0 Å². The minimum absolute atomic E-state index is 0.0484. The number of nitrogens with zero attached hydrogens (tertiary/aromatic N) is 3. The van der Waals surface area contributed by atoms with Crippen molar-refractivity contribution >= 4 is 22.5 Å². The first-order chi connectivity index (χ1) is 15.2. The normalized spacial score (nSPS) is 19.4. The predicted molar refractivity (Wildman–Crippen MR) is 113 cm³/mol. The maximum atomic E-state index is 13.2. The number of anilines is 1. The lowest BCUT2D eigenvalue weighted by Gasteiger charge is -2.32. The summed E-state index contributed by atoms with van der Waals surface area (Å²) in [4.78, 5) is 16.1. The fourth-order valence-electron chi connectivity index (χ4n) is 3.94. The molecule has 10 heteroatoms. The average Bonchev–Trinajstić information content (AvgIpc) is 3.16. The summed E-state index contributed by atoms with van der Waals surface area (Å²) in [7, 11) is 0. The van der Waals surface area contributed by atoms with Gasteiger partial charge in [0, 0.05) is 23.7 Å². The molecule has 1 aliphatic heterocycles. The average molecular weight is 447 g/mol. The number of carbonyl (C=O) groups excluding carboxylic acids is 1. The monoisotopic (exact) mass is 447 g/mol. The largest absolute Gasteiger partial charge is 0.418 e. The molecule has 0 saturated carbocycles. The molecule has 7 nitrogen and oxygen atoms in total. The SMILES string of the molecule is CC(C)OC1CC(n2ncc3cc(NC(=O)c4ncccc4C(F)(F)F)ccc32)CCN1. The number of fused-ring (bicyclic) bond motifs is 1. The Labute approximate surface area is 183 Å². The van der Waals surface area contributed by atoms with E-state index in [0.29, 0.717) is 5.69 Å². The molecule has 1 aliphatic rings. The Hall–Kier alpha value is -2.98. The number of benzene rings is 1. The van der Waals surface area contributed by atoms with Crippen molar-refractivity contribution in [2.75, 3.05) is 11.9 Å². The quantitative estimate of drug-likeness (QED) is 0.607. The number of ether oxygens (including phenoxy) is 1. The smallest absolute Gasteiger partial charge is 0.361 e. The Morgan fingerprint density at radius 1 is 1.31 bits per heavy atom. The zero-order valence-corrected chi connectivity index (χ0v) is 17.7. The van der Waals surface area contributed by atoms with Crippen molar-refractivity contribution in [3.8, 4) is 0 Å². The van der Waals surface area contributed by atoms with Crippen LogP contribution in [0.3, 0.4) is 0 Å². The topological polar surface area (TPSA) is 81.1 Å². The molecule has 170 valence electrons. The van der Waals surface area contributed by atoms with Gasteiger partial charge in [-0.25, -0.2) is 0 Å². The highest BCUT2D eigenvalue weighted by Gasteiger charge is 2.36. The number of alkyl halides is 3. The number of pyridine rings is 1. The Morgan fingerprint density at radius 2 is 2.12 bits per heavy atom. The zero-order valence-electron chi connectivity index (χ0n) is 17.7. The van der Waals surface area contributed by atoms with E-state index in [2.05, 4.69) is 20.7 Å². The molecule has 1 fully saturated rings. The highest BCUT2D eigenvalue weighted by molar-refractivity contribution is 6.04. The van der Waals surface area contributed by atoms with Crippen LogP contribution in [-0.2, 0) is 10.9 Å². The summed E-state index contributed by atoms with van der Waals surface area (Å²) in [6, 6.07) is 7.29. The van der Waals surface area contributed by atoms with Crippen molar-refractivity contribution < 1.29 is 22.7 Å². The fourth-order valence-corrected chi connectivity index (χ4v) is 3.94. The highest BCUT2D eigenvalue weighted by Crippen LogP contribution is 2.32. The third-order valence-electron chi connectivity index (χ3n) is 5.30.